The first-order valence-corrected chi connectivity index (χ1v) is 19.9. The van der Waals surface area contributed by atoms with E-state index >= 15 is 0 Å². The number of fused-ring (bicyclic) bond motifs is 2. The molecule has 7 atom stereocenters. The molecule has 8 heteroatoms. The van der Waals surface area contributed by atoms with Crippen LogP contribution in [0.3, 0.4) is 0 Å². The molecule has 2 bridgehead atoms. The van der Waals surface area contributed by atoms with Crippen LogP contribution in [0.15, 0.2) is 150 Å². The van der Waals surface area contributed by atoms with Gasteiger partial charge in [0.05, 0.1) is 44.5 Å². The maximum Gasteiger partial charge on any atom is 0.187 e. The van der Waals surface area contributed by atoms with E-state index in [4.69, 9.17) is 44.8 Å². The number of benzene rings is 4. The lowest BCUT2D eigenvalue weighted by Gasteiger charge is -2.47. The maximum absolute atomic E-state index is 7.22. The highest BCUT2D eigenvalue weighted by Crippen LogP contribution is 2.42. The molecule has 0 saturated carbocycles. The van der Waals surface area contributed by atoms with Crippen molar-refractivity contribution in [3.63, 3.8) is 0 Å². The van der Waals surface area contributed by atoms with Gasteiger partial charge in [-0.15, -0.1) is 11.6 Å². The Bertz CT molecular complexity index is 1930. The first-order valence-electron chi connectivity index (χ1n) is 19.4. The van der Waals surface area contributed by atoms with Gasteiger partial charge in [0.25, 0.3) is 0 Å². The van der Waals surface area contributed by atoms with Gasteiger partial charge in [0.15, 0.2) is 6.29 Å². The molecular formula is C47H49ClO7. The molecule has 2 heterocycles. The van der Waals surface area contributed by atoms with Crippen LogP contribution in [0, 0.1) is 5.92 Å². The van der Waals surface area contributed by atoms with Crippen molar-refractivity contribution in [2.24, 2.45) is 5.92 Å². The second-order valence-corrected chi connectivity index (χ2v) is 15.1. The topological polar surface area (TPSA) is 64.6 Å². The number of alkyl halides is 1. The SMILES string of the molecule is CCOc1ccc(CC2C3=C(C=CC2Cl)OCC2=C(CO[C@@H]4O[C@@H](C3)[C@@H](OCc3ccccc3)[C@@H](OCc3ccccc3)[C@@H]4OCc3ccccc3)C2)cc1. The largest absolute Gasteiger partial charge is 0.494 e. The molecule has 4 aromatic rings. The average molecular weight is 761 g/mol. The zero-order chi connectivity index (χ0) is 37.4. The number of halogens is 1. The Balaban J connectivity index is 1.17. The summed E-state index contributed by atoms with van der Waals surface area (Å²) in [6.45, 7) is 4.69. The predicted molar refractivity (Wildman–Crippen MR) is 212 cm³/mol. The smallest absolute Gasteiger partial charge is 0.187 e. The highest BCUT2D eigenvalue weighted by molar-refractivity contribution is 6.22. The Labute approximate surface area is 329 Å². The van der Waals surface area contributed by atoms with Crippen LogP contribution < -0.4 is 4.74 Å². The number of hydrogen-bond donors (Lipinski definition) is 0. The molecule has 7 nitrogen and oxygen atoms in total. The first kappa shape index (κ1) is 37.7. The fourth-order valence-electron chi connectivity index (χ4n) is 7.69. The van der Waals surface area contributed by atoms with Crippen LogP contribution in [0.4, 0.5) is 0 Å². The Hall–Kier alpha value is -4.21. The number of hydrogen-bond acceptors (Lipinski definition) is 7. The van der Waals surface area contributed by atoms with Crippen LogP contribution >= 0.6 is 11.6 Å². The molecular weight excluding hydrogens is 712 g/mol. The summed E-state index contributed by atoms with van der Waals surface area (Å²) in [5.41, 5.74) is 7.93. The summed E-state index contributed by atoms with van der Waals surface area (Å²) in [5.74, 6) is 1.65. The van der Waals surface area contributed by atoms with E-state index in [1.54, 1.807) is 0 Å². The van der Waals surface area contributed by atoms with Gasteiger partial charge in [-0.05, 0) is 76.9 Å². The molecule has 2 aliphatic heterocycles. The second kappa shape index (κ2) is 18.2. The van der Waals surface area contributed by atoms with Gasteiger partial charge in [-0.3, -0.25) is 0 Å². The lowest BCUT2D eigenvalue weighted by Crippen LogP contribution is -2.61. The van der Waals surface area contributed by atoms with Crippen molar-refractivity contribution in [2.45, 2.75) is 82.1 Å². The van der Waals surface area contributed by atoms with Crippen molar-refractivity contribution in [3.8, 4) is 5.75 Å². The van der Waals surface area contributed by atoms with Crippen molar-refractivity contribution in [2.75, 3.05) is 19.8 Å². The molecule has 286 valence electrons. The molecule has 0 spiro atoms. The van der Waals surface area contributed by atoms with Crippen molar-refractivity contribution >= 4 is 11.6 Å². The zero-order valence-electron chi connectivity index (χ0n) is 31.3. The highest BCUT2D eigenvalue weighted by Gasteiger charge is 2.50. The zero-order valence-corrected chi connectivity index (χ0v) is 32.0. The van der Waals surface area contributed by atoms with Gasteiger partial charge in [0, 0.05) is 12.3 Å². The van der Waals surface area contributed by atoms with Gasteiger partial charge in [-0.2, -0.15) is 0 Å². The van der Waals surface area contributed by atoms with E-state index in [9.17, 15) is 0 Å². The third-order valence-corrected chi connectivity index (χ3v) is 11.2. The minimum atomic E-state index is -0.708. The van der Waals surface area contributed by atoms with Crippen LogP contribution in [-0.2, 0) is 54.7 Å². The summed E-state index contributed by atoms with van der Waals surface area (Å²) in [6, 6.07) is 38.9. The van der Waals surface area contributed by atoms with E-state index < -0.39 is 30.7 Å². The number of allylic oxidation sites excluding steroid dienone is 2. The second-order valence-electron chi connectivity index (χ2n) is 14.6. The molecule has 1 fully saturated rings. The Morgan fingerprint density at radius 2 is 1.24 bits per heavy atom. The average Bonchev–Trinajstić information content (AvgIpc) is 3.98. The van der Waals surface area contributed by atoms with E-state index in [-0.39, 0.29) is 11.3 Å². The summed E-state index contributed by atoms with van der Waals surface area (Å²) in [7, 11) is 0. The number of ether oxygens (including phenoxy) is 7. The van der Waals surface area contributed by atoms with Gasteiger partial charge in [0.1, 0.15) is 36.4 Å². The van der Waals surface area contributed by atoms with Gasteiger partial charge in [0.2, 0.25) is 0 Å². The van der Waals surface area contributed by atoms with E-state index in [0.29, 0.717) is 46.1 Å². The minimum absolute atomic E-state index is 0.0521. The lowest BCUT2D eigenvalue weighted by atomic mass is 9.80. The van der Waals surface area contributed by atoms with Crippen LogP contribution in [0.25, 0.3) is 0 Å². The molecule has 0 aromatic heterocycles. The summed E-state index contributed by atoms with van der Waals surface area (Å²) < 4.78 is 46.9. The first-order chi connectivity index (χ1) is 27.1. The summed E-state index contributed by atoms with van der Waals surface area (Å²) in [5, 5.41) is -0.246. The summed E-state index contributed by atoms with van der Waals surface area (Å²) >= 11 is 7.22. The highest BCUT2D eigenvalue weighted by atomic mass is 35.5. The molecule has 1 saturated heterocycles. The van der Waals surface area contributed by atoms with E-state index in [0.717, 1.165) is 46.6 Å². The fourth-order valence-corrected chi connectivity index (χ4v) is 8.01. The molecule has 0 amide bonds. The monoisotopic (exact) mass is 760 g/mol. The maximum atomic E-state index is 7.22. The predicted octanol–water partition coefficient (Wildman–Crippen LogP) is 9.29. The van der Waals surface area contributed by atoms with Crippen molar-refractivity contribution in [1.29, 1.82) is 0 Å². The molecule has 4 aromatic carbocycles. The normalized spacial score (nSPS) is 26.3. The van der Waals surface area contributed by atoms with E-state index in [1.165, 1.54) is 16.7 Å². The van der Waals surface area contributed by atoms with Crippen molar-refractivity contribution in [3.05, 3.63) is 172 Å². The van der Waals surface area contributed by atoms with E-state index in [1.807, 2.05) is 79.7 Å². The van der Waals surface area contributed by atoms with Gasteiger partial charge < -0.3 is 33.2 Å². The van der Waals surface area contributed by atoms with Gasteiger partial charge in [-0.1, -0.05) is 109 Å². The third-order valence-electron chi connectivity index (χ3n) is 10.8. The molecule has 2 unspecified atom stereocenters. The van der Waals surface area contributed by atoms with Crippen LogP contribution in [0.2, 0.25) is 0 Å². The Morgan fingerprint density at radius 3 is 1.85 bits per heavy atom. The molecule has 0 radical (unpaired) electrons. The Morgan fingerprint density at radius 1 is 0.655 bits per heavy atom. The van der Waals surface area contributed by atoms with Crippen LogP contribution in [-0.4, -0.2) is 55.9 Å². The lowest BCUT2D eigenvalue weighted by molar-refractivity contribution is -0.321. The van der Waals surface area contributed by atoms with Crippen molar-refractivity contribution in [1.82, 2.24) is 0 Å². The molecule has 2 aliphatic carbocycles. The third kappa shape index (κ3) is 9.61. The standard InChI is InChI=1S/C47H49ClO7/c1-2-49-38-20-18-32(19-21-38)24-39-40-26-43-44(51-27-33-12-6-3-7-13-33)45(52-28-34-14-8-4-9-15-34)46(53-29-35-16-10-5-11-17-35)47(55-43)54-31-37-25-36(37)30-50-42(40)23-22-41(39)48/h3-23,39,41,43-47H,2,24-31H2,1H3/t39?,41?,43-,44+,45+,46-,47+/m0/s1. The summed E-state index contributed by atoms with van der Waals surface area (Å²) in [4.78, 5) is 0. The van der Waals surface area contributed by atoms with Gasteiger partial charge in [-0.25, -0.2) is 0 Å². The fraction of sp³-hybridized carbons (Fsp3) is 0.362. The quantitative estimate of drug-likeness (QED) is 0.0995. The molecule has 0 N–H and O–H groups in total. The summed E-state index contributed by atoms with van der Waals surface area (Å²) in [6.07, 6.45) is 3.39. The molecule has 55 heavy (non-hydrogen) atoms. The number of rotatable bonds is 13. The Kier molecular flexibility index (Phi) is 12.4. The minimum Gasteiger partial charge on any atom is -0.494 e. The van der Waals surface area contributed by atoms with Crippen LogP contribution in [0.1, 0.15) is 42.0 Å². The van der Waals surface area contributed by atoms with E-state index in [2.05, 4.69) is 54.6 Å². The molecule has 8 rings (SSSR count). The van der Waals surface area contributed by atoms with Crippen LogP contribution in [0.5, 0.6) is 5.75 Å². The van der Waals surface area contributed by atoms with Crippen molar-refractivity contribution < 1.29 is 33.2 Å². The van der Waals surface area contributed by atoms with Gasteiger partial charge >= 0.3 is 0 Å². The molecule has 4 aliphatic rings.